The highest BCUT2D eigenvalue weighted by molar-refractivity contribution is 7.99. The van der Waals surface area contributed by atoms with Crippen LogP contribution in [0, 0.1) is 5.82 Å². The number of carboxylic acids is 1. The van der Waals surface area contributed by atoms with E-state index in [-0.39, 0.29) is 22.8 Å². The maximum Gasteiger partial charge on any atom is 0.416 e. The molecule has 5 rings (SSSR count). The summed E-state index contributed by atoms with van der Waals surface area (Å²) in [5, 5.41) is 9.23. The van der Waals surface area contributed by atoms with Crippen molar-refractivity contribution in [1.82, 2.24) is 4.98 Å². The first-order chi connectivity index (χ1) is 18.6. The number of benzene rings is 3. The highest BCUT2D eigenvalue weighted by atomic mass is 35.5. The molecule has 198 valence electrons. The van der Waals surface area contributed by atoms with Crippen molar-refractivity contribution < 1.29 is 27.5 Å². The maximum atomic E-state index is 13.8. The molecule has 1 aliphatic carbocycles. The molecule has 0 saturated carbocycles. The minimum absolute atomic E-state index is 0.0182. The van der Waals surface area contributed by atoms with E-state index < -0.39 is 28.8 Å². The van der Waals surface area contributed by atoms with E-state index in [0.717, 1.165) is 22.8 Å². The lowest BCUT2D eigenvalue weighted by atomic mass is 9.95. The van der Waals surface area contributed by atoms with Crippen molar-refractivity contribution in [3.63, 3.8) is 0 Å². The number of rotatable bonds is 6. The Balaban J connectivity index is 1.53. The third-order valence-electron chi connectivity index (χ3n) is 6.35. The maximum absolute atomic E-state index is 13.8. The van der Waals surface area contributed by atoms with E-state index in [4.69, 9.17) is 16.7 Å². The van der Waals surface area contributed by atoms with Gasteiger partial charge in [-0.25, -0.2) is 9.37 Å². The molecule has 0 radical (unpaired) electrons. The van der Waals surface area contributed by atoms with Crippen LogP contribution in [0.15, 0.2) is 60.7 Å². The topological polar surface area (TPSA) is 50.2 Å². The van der Waals surface area contributed by atoms with Crippen LogP contribution in [0.1, 0.15) is 50.7 Å². The van der Waals surface area contributed by atoms with Gasteiger partial charge in [0.2, 0.25) is 0 Å². The Morgan fingerprint density at radius 3 is 2.62 bits per heavy atom. The van der Waals surface area contributed by atoms with Crippen LogP contribution in [-0.4, -0.2) is 21.8 Å². The molecule has 39 heavy (non-hydrogen) atoms. The molecule has 0 spiro atoms. The second-order valence-corrected chi connectivity index (χ2v) is 10.6. The average molecular weight is 570 g/mol. The first-order valence-corrected chi connectivity index (χ1v) is 13.3. The first kappa shape index (κ1) is 27.0. The predicted molar refractivity (Wildman–Crippen MR) is 149 cm³/mol. The highest BCUT2D eigenvalue weighted by Gasteiger charge is 2.35. The molecule has 0 fully saturated rings. The number of halogens is 5. The number of thioether (sulfide) groups is 1. The Bertz CT molecular complexity index is 1650. The molecule has 1 aliphatic rings. The van der Waals surface area contributed by atoms with Gasteiger partial charge in [0.25, 0.3) is 0 Å². The lowest BCUT2D eigenvalue weighted by molar-refractivity contribution is -0.138. The van der Waals surface area contributed by atoms with E-state index in [9.17, 15) is 22.4 Å². The van der Waals surface area contributed by atoms with Gasteiger partial charge in [0.15, 0.2) is 0 Å². The minimum Gasteiger partial charge on any atom is -0.481 e. The quantitative estimate of drug-likeness (QED) is 0.235. The van der Waals surface area contributed by atoms with Gasteiger partial charge in [-0.05, 0) is 64.2 Å². The summed E-state index contributed by atoms with van der Waals surface area (Å²) < 4.78 is 55.2. The van der Waals surface area contributed by atoms with E-state index in [1.165, 1.54) is 36.0 Å². The number of pyridine rings is 1. The fourth-order valence-corrected chi connectivity index (χ4v) is 5.97. The van der Waals surface area contributed by atoms with Crippen molar-refractivity contribution in [2.45, 2.75) is 17.8 Å². The summed E-state index contributed by atoms with van der Waals surface area (Å²) in [4.78, 5) is 15.7. The smallest absolute Gasteiger partial charge is 0.416 e. The third kappa shape index (κ3) is 5.87. The molecule has 9 heteroatoms. The molecule has 1 heterocycles. The average Bonchev–Trinajstić information content (AvgIpc) is 3.04. The van der Waals surface area contributed by atoms with Crippen molar-refractivity contribution in [3.8, 4) is 0 Å². The van der Waals surface area contributed by atoms with Gasteiger partial charge in [-0.2, -0.15) is 13.2 Å². The molecule has 0 amide bonds. The molecule has 4 aromatic rings. The lowest BCUT2D eigenvalue weighted by Gasteiger charge is -2.22. The number of alkyl halides is 3. The van der Waals surface area contributed by atoms with Gasteiger partial charge in [-0.3, -0.25) is 4.79 Å². The Kier molecular flexibility index (Phi) is 7.51. The zero-order chi connectivity index (χ0) is 27.7. The van der Waals surface area contributed by atoms with Gasteiger partial charge in [0.1, 0.15) is 5.82 Å². The number of aliphatic carboxylic acids is 1. The second-order valence-electron chi connectivity index (χ2n) is 8.95. The van der Waals surface area contributed by atoms with Gasteiger partial charge in [-0.15, -0.1) is 11.8 Å². The lowest BCUT2D eigenvalue weighted by Crippen LogP contribution is -2.11. The molecule has 0 aliphatic heterocycles. The van der Waals surface area contributed by atoms with Crippen LogP contribution in [0.4, 0.5) is 17.6 Å². The zero-order valence-electron chi connectivity index (χ0n) is 20.2. The predicted octanol–water partition coefficient (Wildman–Crippen LogP) is 9.00. The number of carbonyl (C=O) groups is 1. The molecular formula is C30H20ClF4NO2S. The number of nitrogens with zero attached hydrogens (tertiary/aromatic N) is 1. The van der Waals surface area contributed by atoms with Crippen molar-refractivity contribution >= 4 is 64.5 Å². The van der Waals surface area contributed by atoms with E-state index in [2.05, 4.69) is 4.98 Å². The Morgan fingerprint density at radius 1 is 1.03 bits per heavy atom. The molecule has 3 aromatic carbocycles. The molecular weight excluding hydrogens is 550 g/mol. The van der Waals surface area contributed by atoms with E-state index in [0.29, 0.717) is 22.2 Å². The Hall–Kier alpha value is -3.62. The summed E-state index contributed by atoms with van der Waals surface area (Å²) >= 11 is 7.20. The minimum atomic E-state index is -4.53. The third-order valence-corrected chi connectivity index (χ3v) is 7.92. The van der Waals surface area contributed by atoms with Gasteiger partial charge in [-0.1, -0.05) is 60.2 Å². The molecule has 3 nitrogen and oxygen atoms in total. The fourth-order valence-electron chi connectivity index (χ4n) is 4.51. The Labute approximate surface area is 230 Å². The number of hydrogen-bond donors (Lipinski definition) is 1. The van der Waals surface area contributed by atoms with Crippen molar-refractivity contribution in [1.29, 1.82) is 0 Å². The van der Waals surface area contributed by atoms with Crippen molar-refractivity contribution in [2.24, 2.45) is 0 Å². The van der Waals surface area contributed by atoms with Crippen molar-refractivity contribution in [3.05, 3.63) is 111 Å². The van der Waals surface area contributed by atoms with Crippen LogP contribution in [0.5, 0.6) is 0 Å². The summed E-state index contributed by atoms with van der Waals surface area (Å²) in [5.74, 6) is -1.25. The molecule has 1 N–H and O–H groups in total. The number of carboxylic acid groups (broad SMARTS) is 1. The van der Waals surface area contributed by atoms with Crippen LogP contribution < -0.4 is 0 Å². The van der Waals surface area contributed by atoms with Crippen LogP contribution in [0.2, 0.25) is 5.02 Å². The molecule has 1 aromatic heterocycles. The van der Waals surface area contributed by atoms with Crippen LogP contribution in [-0.2, 0) is 11.0 Å². The molecule has 0 saturated heterocycles. The summed E-state index contributed by atoms with van der Waals surface area (Å²) in [6.07, 6.45) is 2.13. The largest absolute Gasteiger partial charge is 0.481 e. The van der Waals surface area contributed by atoms with E-state index in [1.807, 2.05) is 24.3 Å². The Morgan fingerprint density at radius 2 is 1.85 bits per heavy atom. The standard InChI is InChI=1S/C30H20ClF4NO2S/c31-25-16-27-19(15-26(25)32)7-10-20(36-27)9-5-17-4-6-18-8-11-21-22(2-1-3-24(21)30(33,34)35)29(23(18)14-17)39-13-12-28(37)38/h1-11,14-16,29H,12-13H2,(H,37,38)/b9-5+. The summed E-state index contributed by atoms with van der Waals surface area (Å²) in [5.41, 5.74) is 3.34. The van der Waals surface area contributed by atoms with Gasteiger partial charge >= 0.3 is 12.1 Å². The SMILES string of the molecule is O=C(O)CCSC1c2cc(/C=C/c3ccc4cc(F)c(Cl)cc4n3)ccc2C=Cc2c1cccc2C(F)(F)F. The van der Waals surface area contributed by atoms with Crippen molar-refractivity contribution in [2.75, 3.05) is 5.75 Å². The normalized spacial score (nSPS) is 14.8. The monoisotopic (exact) mass is 569 g/mol. The number of fused-ring (bicyclic) bond motifs is 3. The molecule has 0 bridgehead atoms. The van der Waals surface area contributed by atoms with Gasteiger partial charge < -0.3 is 5.11 Å². The van der Waals surface area contributed by atoms with Crippen LogP contribution in [0.3, 0.4) is 0 Å². The number of aromatic nitrogens is 1. The molecule has 1 atom stereocenters. The summed E-state index contributed by atoms with van der Waals surface area (Å²) in [6, 6.07) is 16.0. The summed E-state index contributed by atoms with van der Waals surface area (Å²) in [7, 11) is 0. The van der Waals surface area contributed by atoms with Crippen LogP contribution >= 0.6 is 23.4 Å². The zero-order valence-corrected chi connectivity index (χ0v) is 21.7. The van der Waals surface area contributed by atoms with Gasteiger partial charge in [0.05, 0.1) is 33.5 Å². The van der Waals surface area contributed by atoms with Gasteiger partial charge in [0, 0.05) is 11.1 Å². The van der Waals surface area contributed by atoms with Crippen LogP contribution in [0.25, 0.3) is 35.2 Å². The summed E-state index contributed by atoms with van der Waals surface area (Å²) in [6.45, 7) is 0. The fraction of sp³-hybridized carbons (Fsp3) is 0.133. The highest BCUT2D eigenvalue weighted by Crippen LogP contribution is 2.46. The van der Waals surface area contributed by atoms with E-state index >= 15 is 0 Å². The number of hydrogen-bond acceptors (Lipinski definition) is 3. The van der Waals surface area contributed by atoms with E-state index in [1.54, 1.807) is 30.4 Å². The first-order valence-electron chi connectivity index (χ1n) is 11.9. The second kappa shape index (κ2) is 10.9. The molecule has 1 unspecified atom stereocenters.